The van der Waals surface area contributed by atoms with Crippen molar-refractivity contribution in [2.45, 2.75) is 44.8 Å². The molecule has 0 saturated carbocycles. The molecular formula is C21H32N2O4. The van der Waals surface area contributed by atoms with Gasteiger partial charge in [-0.1, -0.05) is 19.1 Å². The number of para-hydroxylation sites is 1. The van der Waals surface area contributed by atoms with E-state index in [0.29, 0.717) is 37.6 Å². The number of methoxy groups -OCH3 is 2. The molecule has 2 heterocycles. The third-order valence-corrected chi connectivity index (χ3v) is 5.91. The first kappa shape index (κ1) is 20.0. The number of likely N-dealkylation sites (tertiary alicyclic amines) is 2. The zero-order valence-corrected chi connectivity index (χ0v) is 16.7. The van der Waals surface area contributed by atoms with E-state index in [4.69, 9.17) is 9.47 Å². The topological polar surface area (TPSA) is 62.2 Å². The van der Waals surface area contributed by atoms with Crippen molar-refractivity contribution in [3.63, 3.8) is 0 Å². The number of hydrogen-bond acceptors (Lipinski definition) is 5. The number of nitrogens with zero attached hydrogens (tertiary/aromatic N) is 2. The molecule has 1 aromatic rings. The van der Waals surface area contributed by atoms with Crippen molar-refractivity contribution >= 4 is 5.91 Å². The van der Waals surface area contributed by atoms with E-state index in [2.05, 4.69) is 11.8 Å². The largest absolute Gasteiger partial charge is 0.493 e. The molecule has 2 aliphatic heterocycles. The van der Waals surface area contributed by atoms with Crippen LogP contribution in [0.5, 0.6) is 11.5 Å². The van der Waals surface area contributed by atoms with Crippen LogP contribution < -0.4 is 9.47 Å². The zero-order chi connectivity index (χ0) is 19.4. The van der Waals surface area contributed by atoms with Crippen LogP contribution in [0, 0.1) is 5.92 Å². The number of piperidine rings is 2. The van der Waals surface area contributed by atoms with Gasteiger partial charge >= 0.3 is 0 Å². The predicted octanol–water partition coefficient (Wildman–Crippen LogP) is 2.29. The van der Waals surface area contributed by atoms with Gasteiger partial charge in [-0.05, 0) is 50.8 Å². The fourth-order valence-electron chi connectivity index (χ4n) is 4.24. The lowest BCUT2D eigenvalue weighted by molar-refractivity contribution is -0.160. The molecule has 0 aliphatic carbocycles. The monoisotopic (exact) mass is 376 g/mol. The summed E-state index contributed by atoms with van der Waals surface area (Å²) in [7, 11) is 3.21. The molecule has 27 heavy (non-hydrogen) atoms. The van der Waals surface area contributed by atoms with Gasteiger partial charge < -0.3 is 19.5 Å². The minimum absolute atomic E-state index is 0.169. The first-order chi connectivity index (χ1) is 13.0. The van der Waals surface area contributed by atoms with Gasteiger partial charge in [0.1, 0.15) is 0 Å². The standard InChI is InChI=1S/C21H32N2O4/c1-16-8-12-22(13-9-16)15-21(25)10-5-11-23(20(21)24)14-17-6-4-7-18(26-2)19(17)27-3/h4,6-7,16,25H,5,8-15H2,1-3H3/t21-/m1/s1. The number of amides is 1. The Bertz CT molecular complexity index is 658. The van der Waals surface area contributed by atoms with E-state index in [1.165, 1.54) is 0 Å². The fraction of sp³-hybridized carbons (Fsp3) is 0.667. The second-order valence-electron chi connectivity index (χ2n) is 7.97. The molecular weight excluding hydrogens is 344 g/mol. The Morgan fingerprint density at radius 1 is 1.19 bits per heavy atom. The van der Waals surface area contributed by atoms with Crippen LogP contribution in [0.3, 0.4) is 0 Å². The molecule has 1 atom stereocenters. The van der Waals surface area contributed by atoms with Gasteiger partial charge in [0.2, 0.25) is 0 Å². The van der Waals surface area contributed by atoms with Crippen LogP contribution >= 0.6 is 0 Å². The molecule has 1 aromatic carbocycles. The Labute approximate surface area is 162 Å². The number of aliphatic hydroxyl groups is 1. The first-order valence-electron chi connectivity index (χ1n) is 9.91. The van der Waals surface area contributed by atoms with E-state index < -0.39 is 5.60 Å². The van der Waals surface area contributed by atoms with Gasteiger partial charge in [0.05, 0.1) is 14.2 Å². The van der Waals surface area contributed by atoms with E-state index in [-0.39, 0.29) is 5.91 Å². The summed E-state index contributed by atoms with van der Waals surface area (Å²) in [6.07, 6.45) is 3.60. The highest BCUT2D eigenvalue weighted by atomic mass is 16.5. The summed E-state index contributed by atoms with van der Waals surface area (Å²) in [6, 6.07) is 5.68. The molecule has 1 N–H and O–H groups in total. The van der Waals surface area contributed by atoms with Crippen LogP contribution in [0.25, 0.3) is 0 Å². The molecule has 0 bridgehead atoms. The molecule has 0 aromatic heterocycles. The first-order valence-corrected chi connectivity index (χ1v) is 9.91. The van der Waals surface area contributed by atoms with Gasteiger partial charge in [0.15, 0.2) is 17.1 Å². The number of carbonyl (C=O) groups is 1. The highest BCUT2D eigenvalue weighted by Crippen LogP contribution is 2.33. The highest BCUT2D eigenvalue weighted by Gasteiger charge is 2.43. The van der Waals surface area contributed by atoms with Crippen LogP contribution in [0.1, 0.15) is 38.2 Å². The lowest BCUT2D eigenvalue weighted by Crippen LogP contribution is -2.59. The quantitative estimate of drug-likeness (QED) is 0.825. The Morgan fingerprint density at radius 3 is 2.59 bits per heavy atom. The Kier molecular flexibility index (Phi) is 6.27. The maximum atomic E-state index is 13.1. The van der Waals surface area contributed by atoms with Gasteiger partial charge in [-0.3, -0.25) is 9.69 Å². The molecule has 1 amide bonds. The SMILES string of the molecule is COc1cccc(CN2CCC[C@@](O)(CN3CCC(C)CC3)C2=O)c1OC. The van der Waals surface area contributed by atoms with Crippen molar-refractivity contribution in [1.29, 1.82) is 0 Å². The molecule has 0 spiro atoms. The van der Waals surface area contributed by atoms with Crippen molar-refractivity contribution in [2.75, 3.05) is 40.4 Å². The molecule has 150 valence electrons. The van der Waals surface area contributed by atoms with Crippen molar-refractivity contribution in [3.05, 3.63) is 23.8 Å². The molecule has 0 unspecified atom stereocenters. The van der Waals surface area contributed by atoms with E-state index in [9.17, 15) is 9.90 Å². The van der Waals surface area contributed by atoms with Gasteiger partial charge in [-0.15, -0.1) is 0 Å². The molecule has 2 saturated heterocycles. The van der Waals surface area contributed by atoms with Crippen molar-refractivity contribution in [3.8, 4) is 11.5 Å². The zero-order valence-electron chi connectivity index (χ0n) is 16.7. The van der Waals surface area contributed by atoms with E-state index in [1.54, 1.807) is 19.1 Å². The second-order valence-corrected chi connectivity index (χ2v) is 7.97. The summed E-state index contributed by atoms with van der Waals surface area (Å²) in [4.78, 5) is 17.1. The van der Waals surface area contributed by atoms with E-state index in [1.807, 2.05) is 18.2 Å². The van der Waals surface area contributed by atoms with Gasteiger partial charge in [-0.25, -0.2) is 0 Å². The smallest absolute Gasteiger partial charge is 0.256 e. The van der Waals surface area contributed by atoms with Crippen LogP contribution in [-0.2, 0) is 11.3 Å². The summed E-state index contributed by atoms with van der Waals surface area (Å²) >= 11 is 0. The summed E-state index contributed by atoms with van der Waals surface area (Å²) < 4.78 is 10.9. The summed E-state index contributed by atoms with van der Waals surface area (Å²) in [5.41, 5.74) is -0.397. The lowest BCUT2D eigenvalue weighted by atomic mass is 9.89. The lowest BCUT2D eigenvalue weighted by Gasteiger charge is -2.42. The number of β-amino-alcohol motifs (C(OH)–C–C–N with tert-alkyl or cyclic N) is 1. The number of benzene rings is 1. The minimum Gasteiger partial charge on any atom is -0.493 e. The molecule has 6 nitrogen and oxygen atoms in total. The highest BCUT2D eigenvalue weighted by molar-refractivity contribution is 5.86. The molecule has 3 rings (SSSR count). The number of rotatable bonds is 6. The van der Waals surface area contributed by atoms with E-state index >= 15 is 0 Å². The van der Waals surface area contributed by atoms with Crippen LogP contribution in [-0.4, -0.2) is 66.8 Å². The number of carbonyl (C=O) groups excluding carboxylic acids is 1. The van der Waals surface area contributed by atoms with Crippen LogP contribution in [0.4, 0.5) is 0 Å². The summed E-state index contributed by atoms with van der Waals surface area (Å²) in [5, 5.41) is 11.1. The average molecular weight is 376 g/mol. The van der Waals surface area contributed by atoms with Gasteiger partial charge in [0, 0.05) is 25.2 Å². The number of hydrogen-bond donors (Lipinski definition) is 1. The molecule has 2 aliphatic rings. The Morgan fingerprint density at radius 2 is 1.93 bits per heavy atom. The molecule has 0 radical (unpaired) electrons. The summed E-state index contributed by atoms with van der Waals surface area (Å²) in [5.74, 6) is 1.86. The van der Waals surface area contributed by atoms with Crippen molar-refractivity contribution < 1.29 is 19.4 Å². The third-order valence-electron chi connectivity index (χ3n) is 5.91. The molecule has 2 fully saturated rings. The van der Waals surface area contributed by atoms with Gasteiger partial charge in [0.25, 0.3) is 5.91 Å². The summed E-state index contributed by atoms with van der Waals surface area (Å²) in [6.45, 7) is 5.68. The van der Waals surface area contributed by atoms with Gasteiger partial charge in [-0.2, -0.15) is 0 Å². The van der Waals surface area contributed by atoms with Crippen molar-refractivity contribution in [1.82, 2.24) is 9.80 Å². The Hall–Kier alpha value is -1.79. The maximum absolute atomic E-state index is 13.1. The predicted molar refractivity (Wildman–Crippen MR) is 104 cm³/mol. The van der Waals surface area contributed by atoms with Crippen LogP contribution in [0.2, 0.25) is 0 Å². The second kappa shape index (κ2) is 8.48. The van der Waals surface area contributed by atoms with Crippen molar-refractivity contribution in [2.24, 2.45) is 5.92 Å². The molecule has 6 heteroatoms. The average Bonchev–Trinajstić information content (AvgIpc) is 2.67. The Balaban J connectivity index is 1.71. The minimum atomic E-state index is -1.29. The third kappa shape index (κ3) is 4.38. The maximum Gasteiger partial charge on any atom is 0.256 e. The van der Waals surface area contributed by atoms with E-state index in [0.717, 1.165) is 43.8 Å². The number of ether oxygens (including phenoxy) is 2. The fourth-order valence-corrected chi connectivity index (χ4v) is 4.24. The van der Waals surface area contributed by atoms with Crippen LogP contribution in [0.15, 0.2) is 18.2 Å². The normalized spacial score (nSPS) is 24.9.